The quantitative estimate of drug-likeness (QED) is 0.850. The van der Waals surface area contributed by atoms with E-state index in [2.05, 4.69) is 36.0 Å². The summed E-state index contributed by atoms with van der Waals surface area (Å²) in [6.07, 6.45) is 7.78. The Morgan fingerprint density at radius 2 is 1.88 bits per heavy atom. The highest BCUT2D eigenvalue weighted by atomic mass is 35.5. The molecule has 4 heteroatoms. The summed E-state index contributed by atoms with van der Waals surface area (Å²) in [5.74, 6) is 0.155. The van der Waals surface area contributed by atoms with Crippen molar-refractivity contribution in [3.05, 3.63) is 34.9 Å². The summed E-state index contributed by atoms with van der Waals surface area (Å²) in [5.41, 5.74) is 0.619. The Balaban J connectivity index is 1.75. The minimum absolute atomic E-state index is 0.155. The Bertz CT molecular complexity index is 549. The standard InChI is InChI=1S/C21H33ClN2O/c1-23(2)19-9-13-24(14-10-19)16-20(17-7-6-8-18(22)15-17)21(25)11-4-3-5-12-21/h6-8,15,19-20,25H,3-5,9-14,16H2,1-2H3. The monoisotopic (exact) mass is 364 g/mol. The van der Waals surface area contributed by atoms with E-state index in [9.17, 15) is 5.11 Å². The van der Waals surface area contributed by atoms with Crippen LogP contribution in [0.1, 0.15) is 56.4 Å². The van der Waals surface area contributed by atoms with Crippen LogP contribution >= 0.6 is 11.6 Å². The van der Waals surface area contributed by atoms with E-state index in [1.807, 2.05) is 12.1 Å². The van der Waals surface area contributed by atoms with Gasteiger partial charge in [0.15, 0.2) is 0 Å². The summed E-state index contributed by atoms with van der Waals surface area (Å²) in [6, 6.07) is 8.85. The fourth-order valence-corrected chi connectivity index (χ4v) is 4.90. The first-order chi connectivity index (χ1) is 12.0. The molecular weight excluding hydrogens is 332 g/mol. The van der Waals surface area contributed by atoms with Gasteiger partial charge in [-0.1, -0.05) is 43.0 Å². The molecule has 0 amide bonds. The van der Waals surface area contributed by atoms with E-state index < -0.39 is 5.60 Å². The molecule has 1 aliphatic carbocycles. The number of benzene rings is 1. The lowest BCUT2D eigenvalue weighted by molar-refractivity contribution is -0.0335. The van der Waals surface area contributed by atoms with E-state index >= 15 is 0 Å². The maximum Gasteiger partial charge on any atom is 0.0728 e. The van der Waals surface area contributed by atoms with Crippen LogP contribution in [-0.2, 0) is 0 Å². The van der Waals surface area contributed by atoms with Crippen molar-refractivity contribution in [1.82, 2.24) is 9.80 Å². The molecule has 1 N–H and O–H groups in total. The Labute approximate surface area is 158 Å². The van der Waals surface area contributed by atoms with Crippen LogP contribution in [0.15, 0.2) is 24.3 Å². The summed E-state index contributed by atoms with van der Waals surface area (Å²) in [5, 5.41) is 12.2. The Morgan fingerprint density at radius 1 is 1.20 bits per heavy atom. The van der Waals surface area contributed by atoms with Crippen molar-refractivity contribution >= 4 is 11.6 Å². The highest BCUT2D eigenvalue weighted by Gasteiger charge is 2.40. The van der Waals surface area contributed by atoms with Crippen molar-refractivity contribution in [2.24, 2.45) is 0 Å². The molecule has 3 nitrogen and oxygen atoms in total. The molecular formula is C21H33ClN2O. The number of nitrogens with zero attached hydrogens (tertiary/aromatic N) is 2. The smallest absolute Gasteiger partial charge is 0.0728 e. The van der Waals surface area contributed by atoms with Gasteiger partial charge >= 0.3 is 0 Å². The summed E-state index contributed by atoms with van der Waals surface area (Å²) >= 11 is 6.27. The molecule has 0 spiro atoms. The zero-order valence-corrected chi connectivity index (χ0v) is 16.5. The number of hydrogen-bond acceptors (Lipinski definition) is 3. The molecule has 1 saturated carbocycles. The molecule has 1 aromatic carbocycles. The number of likely N-dealkylation sites (tertiary alicyclic amines) is 1. The van der Waals surface area contributed by atoms with E-state index in [0.29, 0.717) is 6.04 Å². The van der Waals surface area contributed by atoms with Crippen molar-refractivity contribution in [3.8, 4) is 0 Å². The van der Waals surface area contributed by atoms with Crippen LogP contribution in [0.5, 0.6) is 0 Å². The second-order valence-corrected chi connectivity index (χ2v) is 8.70. The lowest BCUT2D eigenvalue weighted by atomic mass is 9.72. The molecule has 1 aromatic rings. The highest BCUT2D eigenvalue weighted by Crippen LogP contribution is 2.41. The lowest BCUT2D eigenvalue weighted by Crippen LogP contribution is -2.48. The number of piperidine rings is 1. The predicted octanol–water partition coefficient (Wildman–Crippen LogP) is 4.14. The van der Waals surface area contributed by atoms with Gasteiger partial charge in [-0.3, -0.25) is 0 Å². The number of halogens is 1. The van der Waals surface area contributed by atoms with Gasteiger partial charge in [0.2, 0.25) is 0 Å². The molecule has 25 heavy (non-hydrogen) atoms. The molecule has 1 aliphatic heterocycles. The fraction of sp³-hybridized carbons (Fsp3) is 0.714. The minimum atomic E-state index is -0.582. The largest absolute Gasteiger partial charge is 0.389 e. The molecule has 1 saturated heterocycles. The maximum atomic E-state index is 11.5. The molecule has 1 atom stereocenters. The van der Waals surface area contributed by atoms with E-state index in [4.69, 9.17) is 11.6 Å². The fourth-order valence-electron chi connectivity index (χ4n) is 4.70. The van der Waals surface area contributed by atoms with Gasteiger partial charge in [0.05, 0.1) is 5.60 Å². The Hall–Kier alpha value is -0.610. The molecule has 0 aromatic heterocycles. The molecule has 0 bridgehead atoms. The molecule has 1 heterocycles. The number of rotatable bonds is 5. The van der Waals surface area contributed by atoms with E-state index in [0.717, 1.165) is 50.3 Å². The van der Waals surface area contributed by atoms with Crippen LogP contribution < -0.4 is 0 Å². The van der Waals surface area contributed by atoms with E-state index in [1.165, 1.54) is 24.8 Å². The molecule has 2 fully saturated rings. The molecule has 3 rings (SSSR count). The summed E-state index contributed by atoms with van der Waals surface area (Å²) in [6.45, 7) is 3.18. The number of hydrogen-bond donors (Lipinski definition) is 1. The molecule has 0 radical (unpaired) electrons. The second kappa shape index (κ2) is 8.39. The van der Waals surface area contributed by atoms with Crippen LogP contribution in [0.3, 0.4) is 0 Å². The first-order valence-corrected chi connectivity index (χ1v) is 10.2. The molecule has 2 aliphatic rings. The van der Waals surface area contributed by atoms with Gasteiger partial charge in [0, 0.05) is 23.5 Å². The average Bonchev–Trinajstić information content (AvgIpc) is 2.60. The van der Waals surface area contributed by atoms with Gasteiger partial charge in [-0.25, -0.2) is 0 Å². The second-order valence-electron chi connectivity index (χ2n) is 8.27. The van der Waals surface area contributed by atoms with Crippen molar-refractivity contribution in [2.45, 2.75) is 62.5 Å². The van der Waals surface area contributed by atoms with E-state index in [-0.39, 0.29) is 5.92 Å². The van der Waals surface area contributed by atoms with Gasteiger partial charge in [-0.2, -0.15) is 0 Å². The highest BCUT2D eigenvalue weighted by molar-refractivity contribution is 6.30. The van der Waals surface area contributed by atoms with Gasteiger partial charge in [-0.15, -0.1) is 0 Å². The van der Waals surface area contributed by atoms with Gasteiger partial charge in [0.25, 0.3) is 0 Å². The van der Waals surface area contributed by atoms with Crippen LogP contribution in [0, 0.1) is 0 Å². The minimum Gasteiger partial charge on any atom is -0.389 e. The Kier molecular flexibility index (Phi) is 6.43. The Morgan fingerprint density at radius 3 is 2.48 bits per heavy atom. The van der Waals surface area contributed by atoms with E-state index in [1.54, 1.807) is 0 Å². The van der Waals surface area contributed by atoms with Crippen LogP contribution in [0.2, 0.25) is 5.02 Å². The maximum absolute atomic E-state index is 11.5. The van der Waals surface area contributed by atoms with Crippen molar-refractivity contribution in [2.75, 3.05) is 33.7 Å². The third kappa shape index (κ3) is 4.77. The normalized spacial score (nSPS) is 23.7. The zero-order chi connectivity index (χ0) is 17.9. The third-order valence-corrected chi connectivity index (χ3v) is 6.58. The summed E-state index contributed by atoms with van der Waals surface area (Å²) in [7, 11) is 4.36. The average molecular weight is 365 g/mol. The topological polar surface area (TPSA) is 26.7 Å². The van der Waals surface area contributed by atoms with Crippen LogP contribution in [0.25, 0.3) is 0 Å². The van der Waals surface area contributed by atoms with Crippen LogP contribution in [0.4, 0.5) is 0 Å². The first kappa shape index (κ1) is 19.2. The first-order valence-electron chi connectivity index (χ1n) is 9.84. The molecule has 1 unspecified atom stereocenters. The predicted molar refractivity (Wildman–Crippen MR) is 105 cm³/mol. The van der Waals surface area contributed by atoms with Crippen molar-refractivity contribution in [3.63, 3.8) is 0 Å². The van der Waals surface area contributed by atoms with Crippen molar-refractivity contribution < 1.29 is 5.11 Å². The van der Waals surface area contributed by atoms with Crippen molar-refractivity contribution in [1.29, 1.82) is 0 Å². The van der Waals surface area contributed by atoms with Crippen LogP contribution in [-0.4, -0.2) is 60.3 Å². The SMILES string of the molecule is CN(C)C1CCN(CC(c2cccc(Cl)c2)C2(O)CCCCC2)CC1. The summed E-state index contributed by atoms with van der Waals surface area (Å²) < 4.78 is 0. The zero-order valence-electron chi connectivity index (χ0n) is 15.8. The van der Waals surface area contributed by atoms with Gasteiger partial charge in [-0.05, 0) is 70.6 Å². The molecule has 140 valence electrons. The summed E-state index contributed by atoms with van der Waals surface area (Å²) in [4.78, 5) is 4.90. The van der Waals surface area contributed by atoms with Gasteiger partial charge < -0.3 is 14.9 Å². The van der Waals surface area contributed by atoms with Gasteiger partial charge in [0.1, 0.15) is 0 Å². The third-order valence-electron chi connectivity index (χ3n) is 6.35. The number of aliphatic hydroxyl groups is 1. The lowest BCUT2D eigenvalue weighted by Gasteiger charge is -2.43.